The van der Waals surface area contributed by atoms with E-state index in [1.54, 1.807) is 24.3 Å². The minimum atomic E-state index is -3.98. The predicted molar refractivity (Wildman–Crippen MR) is 109 cm³/mol. The maximum Gasteiger partial charge on any atom is 0.279 e. The van der Waals surface area contributed by atoms with Gasteiger partial charge in [0.25, 0.3) is 15.1 Å². The Bertz CT molecular complexity index is 1150. The van der Waals surface area contributed by atoms with Crippen LogP contribution in [0.3, 0.4) is 0 Å². The molecule has 2 heterocycles. The van der Waals surface area contributed by atoms with Gasteiger partial charge in [0.15, 0.2) is 5.69 Å². The van der Waals surface area contributed by atoms with Crippen molar-refractivity contribution in [3.63, 3.8) is 0 Å². The van der Waals surface area contributed by atoms with E-state index >= 15 is 0 Å². The second kappa shape index (κ2) is 7.87. The molecule has 4 rings (SSSR count). The van der Waals surface area contributed by atoms with E-state index in [9.17, 15) is 13.7 Å². The Labute approximate surface area is 173 Å². The van der Waals surface area contributed by atoms with Gasteiger partial charge in [-0.25, -0.2) is 8.42 Å². The first-order valence-electron chi connectivity index (χ1n) is 8.96. The standard InChI is InChI=1S/C20H17ClN4O3S/c21-16-8-6-15(7-9-16)19-23-18(14-22)20(28-19)29(26,27)25-12-10-24(11-13-25)17-4-2-1-3-5-17/h1-9H,10-13H2. The molecule has 3 aromatic rings. The summed E-state index contributed by atoms with van der Waals surface area (Å²) in [6.45, 7) is 1.67. The molecular weight excluding hydrogens is 412 g/mol. The van der Waals surface area contributed by atoms with E-state index in [1.807, 2.05) is 36.4 Å². The number of rotatable bonds is 4. The second-order valence-corrected chi connectivity index (χ2v) is 8.77. The van der Waals surface area contributed by atoms with Crippen LogP contribution in [0.1, 0.15) is 5.69 Å². The Morgan fingerprint density at radius 2 is 1.66 bits per heavy atom. The van der Waals surface area contributed by atoms with E-state index in [-0.39, 0.29) is 11.6 Å². The highest BCUT2D eigenvalue weighted by Crippen LogP contribution is 2.29. The quantitative estimate of drug-likeness (QED) is 0.632. The number of halogens is 1. The van der Waals surface area contributed by atoms with E-state index in [4.69, 9.17) is 16.0 Å². The van der Waals surface area contributed by atoms with Gasteiger partial charge in [-0.05, 0) is 36.4 Å². The van der Waals surface area contributed by atoms with Gasteiger partial charge in [0.2, 0.25) is 5.89 Å². The summed E-state index contributed by atoms with van der Waals surface area (Å²) in [6.07, 6.45) is 0. The Morgan fingerprint density at radius 3 is 2.28 bits per heavy atom. The summed E-state index contributed by atoms with van der Waals surface area (Å²) in [5.74, 6) is 0.0692. The summed E-state index contributed by atoms with van der Waals surface area (Å²) < 4.78 is 33.1. The topological polar surface area (TPSA) is 90.4 Å². The zero-order valence-electron chi connectivity index (χ0n) is 15.3. The fourth-order valence-corrected chi connectivity index (χ4v) is 4.73. The van der Waals surface area contributed by atoms with Crippen molar-refractivity contribution in [3.05, 3.63) is 65.3 Å². The van der Waals surface area contributed by atoms with E-state index in [2.05, 4.69) is 9.88 Å². The summed E-state index contributed by atoms with van der Waals surface area (Å²) in [5, 5.41) is 9.50. The van der Waals surface area contributed by atoms with Gasteiger partial charge >= 0.3 is 0 Å². The van der Waals surface area contributed by atoms with Crippen LogP contribution >= 0.6 is 11.6 Å². The minimum absolute atomic E-state index is 0.0692. The van der Waals surface area contributed by atoms with Gasteiger partial charge in [0.05, 0.1) is 0 Å². The summed E-state index contributed by atoms with van der Waals surface area (Å²) in [4.78, 5) is 6.19. The number of hydrogen-bond donors (Lipinski definition) is 0. The number of oxazole rings is 1. The van der Waals surface area contributed by atoms with Crippen molar-refractivity contribution in [2.75, 3.05) is 31.1 Å². The third-order valence-electron chi connectivity index (χ3n) is 4.73. The Hall–Kier alpha value is -2.86. The molecule has 1 fully saturated rings. The molecule has 1 aliphatic rings. The predicted octanol–water partition coefficient (Wildman–Crippen LogP) is 3.38. The van der Waals surface area contributed by atoms with Gasteiger partial charge in [0, 0.05) is 42.5 Å². The summed E-state index contributed by atoms with van der Waals surface area (Å²) in [7, 11) is -3.98. The highest BCUT2D eigenvalue weighted by atomic mass is 35.5. The maximum atomic E-state index is 13.1. The number of sulfonamides is 1. The summed E-state index contributed by atoms with van der Waals surface area (Å²) in [6, 6.07) is 18.3. The number of aromatic nitrogens is 1. The van der Waals surface area contributed by atoms with Crippen LogP contribution in [0.4, 0.5) is 5.69 Å². The van der Waals surface area contributed by atoms with Gasteiger partial charge in [-0.15, -0.1) is 0 Å². The number of benzene rings is 2. The molecule has 0 N–H and O–H groups in total. The van der Waals surface area contributed by atoms with Crippen molar-refractivity contribution in [1.29, 1.82) is 5.26 Å². The average Bonchev–Trinajstić information content (AvgIpc) is 3.20. The van der Waals surface area contributed by atoms with Crippen molar-refractivity contribution in [2.24, 2.45) is 0 Å². The molecule has 7 nitrogen and oxygen atoms in total. The number of piperazine rings is 1. The molecule has 1 aliphatic heterocycles. The fourth-order valence-electron chi connectivity index (χ4n) is 3.21. The van der Waals surface area contributed by atoms with Crippen LogP contribution in [-0.4, -0.2) is 43.9 Å². The van der Waals surface area contributed by atoms with E-state index in [0.717, 1.165) is 5.69 Å². The molecule has 29 heavy (non-hydrogen) atoms. The van der Waals surface area contributed by atoms with Crippen LogP contribution in [0.15, 0.2) is 64.1 Å². The zero-order valence-corrected chi connectivity index (χ0v) is 16.9. The number of nitriles is 1. The molecule has 0 spiro atoms. The maximum absolute atomic E-state index is 13.1. The van der Waals surface area contributed by atoms with Crippen molar-refractivity contribution in [2.45, 2.75) is 5.09 Å². The molecule has 0 atom stereocenters. The molecule has 148 valence electrons. The van der Waals surface area contributed by atoms with Crippen LogP contribution < -0.4 is 4.90 Å². The van der Waals surface area contributed by atoms with Gasteiger partial charge in [-0.3, -0.25) is 0 Å². The molecule has 0 radical (unpaired) electrons. The summed E-state index contributed by atoms with van der Waals surface area (Å²) in [5.41, 5.74) is 1.34. The summed E-state index contributed by atoms with van der Waals surface area (Å²) >= 11 is 5.88. The van der Waals surface area contributed by atoms with Crippen LogP contribution in [-0.2, 0) is 10.0 Å². The van der Waals surface area contributed by atoms with Crippen molar-refractivity contribution >= 4 is 27.3 Å². The first-order valence-corrected chi connectivity index (χ1v) is 10.8. The molecule has 1 aromatic heterocycles. The van der Waals surface area contributed by atoms with E-state index in [0.29, 0.717) is 36.8 Å². The Morgan fingerprint density at radius 1 is 1.00 bits per heavy atom. The first-order chi connectivity index (χ1) is 14.0. The SMILES string of the molecule is N#Cc1nc(-c2ccc(Cl)cc2)oc1S(=O)(=O)N1CCN(c2ccccc2)CC1. The van der Waals surface area contributed by atoms with Crippen LogP contribution in [0, 0.1) is 11.3 Å². The van der Waals surface area contributed by atoms with Gasteiger partial charge in [-0.1, -0.05) is 29.8 Å². The fraction of sp³-hybridized carbons (Fsp3) is 0.200. The number of anilines is 1. The molecule has 0 bridgehead atoms. The van der Waals surface area contributed by atoms with Crippen LogP contribution in [0.2, 0.25) is 5.02 Å². The van der Waals surface area contributed by atoms with Crippen molar-refractivity contribution in [3.8, 4) is 17.5 Å². The van der Waals surface area contributed by atoms with E-state index < -0.39 is 15.1 Å². The van der Waals surface area contributed by atoms with Crippen molar-refractivity contribution in [1.82, 2.24) is 9.29 Å². The molecule has 9 heteroatoms. The lowest BCUT2D eigenvalue weighted by atomic mass is 10.2. The number of para-hydroxylation sites is 1. The Balaban J connectivity index is 1.58. The molecule has 0 aliphatic carbocycles. The van der Waals surface area contributed by atoms with Crippen molar-refractivity contribution < 1.29 is 12.8 Å². The number of nitrogens with zero attached hydrogens (tertiary/aromatic N) is 4. The molecule has 2 aromatic carbocycles. The average molecular weight is 429 g/mol. The Kier molecular flexibility index (Phi) is 5.28. The second-order valence-electron chi connectivity index (χ2n) is 6.50. The van der Waals surface area contributed by atoms with Crippen LogP contribution in [0.5, 0.6) is 0 Å². The monoisotopic (exact) mass is 428 g/mol. The van der Waals surface area contributed by atoms with E-state index in [1.165, 1.54) is 4.31 Å². The largest absolute Gasteiger partial charge is 0.422 e. The highest BCUT2D eigenvalue weighted by molar-refractivity contribution is 7.89. The molecular formula is C20H17ClN4O3S. The highest BCUT2D eigenvalue weighted by Gasteiger charge is 2.35. The third-order valence-corrected chi connectivity index (χ3v) is 6.77. The molecule has 0 saturated carbocycles. The lowest BCUT2D eigenvalue weighted by Crippen LogP contribution is -2.48. The molecule has 1 saturated heterocycles. The molecule has 0 unspecified atom stereocenters. The third kappa shape index (κ3) is 3.85. The molecule has 0 amide bonds. The van der Waals surface area contributed by atoms with Gasteiger partial charge in [0.1, 0.15) is 6.07 Å². The van der Waals surface area contributed by atoms with Gasteiger partial charge in [-0.2, -0.15) is 14.6 Å². The minimum Gasteiger partial charge on any atom is -0.422 e. The normalized spacial score (nSPS) is 15.2. The first kappa shape index (κ1) is 19.5. The zero-order chi connectivity index (χ0) is 20.4. The lowest BCUT2D eigenvalue weighted by Gasteiger charge is -2.34. The number of hydrogen-bond acceptors (Lipinski definition) is 6. The smallest absolute Gasteiger partial charge is 0.279 e. The lowest BCUT2D eigenvalue weighted by molar-refractivity contribution is 0.363. The van der Waals surface area contributed by atoms with Crippen LogP contribution in [0.25, 0.3) is 11.5 Å². The van der Waals surface area contributed by atoms with Gasteiger partial charge < -0.3 is 9.32 Å².